The molecule has 4 nitrogen and oxygen atoms in total. The van der Waals surface area contributed by atoms with E-state index in [0.29, 0.717) is 12.1 Å². The minimum atomic E-state index is -0.0313. The molecule has 2 heterocycles. The summed E-state index contributed by atoms with van der Waals surface area (Å²) < 4.78 is 5.62. The van der Waals surface area contributed by atoms with Crippen molar-refractivity contribution in [3.05, 3.63) is 54.0 Å². The number of thioether (sulfide) groups is 1. The third-order valence-electron chi connectivity index (χ3n) is 4.51. The first-order valence-electron chi connectivity index (χ1n) is 8.47. The van der Waals surface area contributed by atoms with Gasteiger partial charge in [0.25, 0.3) is 5.91 Å². The molecular weight excluding hydrogens is 320 g/mol. The maximum Gasteiger partial charge on any atom is 0.251 e. The Labute approximate surface area is 147 Å². The fourth-order valence-electron chi connectivity index (χ4n) is 3.15. The maximum absolute atomic E-state index is 12.4. The summed E-state index contributed by atoms with van der Waals surface area (Å²) in [5, 5.41) is 3.07. The van der Waals surface area contributed by atoms with Crippen LogP contribution in [0, 0.1) is 0 Å². The average Bonchev–Trinajstić information content (AvgIpc) is 3.17. The van der Waals surface area contributed by atoms with E-state index in [4.69, 9.17) is 4.42 Å². The minimum absolute atomic E-state index is 0.0313. The van der Waals surface area contributed by atoms with Gasteiger partial charge in [-0.1, -0.05) is 6.42 Å². The summed E-state index contributed by atoms with van der Waals surface area (Å²) in [6, 6.07) is 11.7. The predicted molar refractivity (Wildman–Crippen MR) is 97.4 cm³/mol. The van der Waals surface area contributed by atoms with Crippen LogP contribution in [0.1, 0.15) is 41.4 Å². The monoisotopic (exact) mass is 344 g/mol. The van der Waals surface area contributed by atoms with Gasteiger partial charge in [-0.05, 0) is 68.6 Å². The lowest BCUT2D eigenvalue weighted by atomic mass is 10.1. The number of carbonyl (C=O) groups is 1. The lowest BCUT2D eigenvalue weighted by Gasteiger charge is -2.33. The fraction of sp³-hybridized carbons (Fsp3) is 0.421. The minimum Gasteiger partial charge on any atom is -0.468 e. The molecule has 1 aromatic heterocycles. The molecule has 1 aromatic carbocycles. The maximum atomic E-state index is 12.4. The average molecular weight is 344 g/mol. The van der Waals surface area contributed by atoms with Gasteiger partial charge in [0.05, 0.1) is 12.3 Å². The van der Waals surface area contributed by atoms with Gasteiger partial charge in [0, 0.05) is 17.0 Å². The van der Waals surface area contributed by atoms with Crippen LogP contribution in [0.15, 0.2) is 52.0 Å². The van der Waals surface area contributed by atoms with Crippen LogP contribution in [0.25, 0.3) is 0 Å². The number of likely N-dealkylation sites (tertiary alicyclic amines) is 1. The highest BCUT2D eigenvalue weighted by molar-refractivity contribution is 7.98. The van der Waals surface area contributed by atoms with E-state index in [-0.39, 0.29) is 11.9 Å². The van der Waals surface area contributed by atoms with Crippen molar-refractivity contribution < 1.29 is 9.21 Å². The molecule has 1 unspecified atom stereocenters. The molecule has 0 spiro atoms. The van der Waals surface area contributed by atoms with Crippen molar-refractivity contribution in [1.29, 1.82) is 0 Å². The molecule has 128 valence electrons. The van der Waals surface area contributed by atoms with E-state index >= 15 is 0 Å². The molecule has 1 amide bonds. The normalized spacial score (nSPS) is 16.7. The van der Waals surface area contributed by atoms with Crippen LogP contribution in [-0.4, -0.2) is 36.7 Å². The second-order valence-corrected chi connectivity index (χ2v) is 6.95. The van der Waals surface area contributed by atoms with Crippen molar-refractivity contribution in [2.45, 2.75) is 30.2 Å². The van der Waals surface area contributed by atoms with Gasteiger partial charge in [-0.25, -0.2) is 0 Å². The van der Waals surface area contributed by atoms with Gasteiger partial charge >= 0.3 is 0 Å². The van der Waals surface area contributed by atoms with Crippen LogP contribution in [0.5, 0.6) is 0 Å². The van der Waals surface area contributed by atoms with Crippen molar-refractivity contribution in [3.63, 3.8) is 0 Å². The zero-order valence-corrected chi connectivity index (χ0v) is 14.8. The van der Waals surface area contributed by atoms with Gasteiger partial charge in [0.2, 0.25) is 0 Å². The molecule has 1 atom stereocenters. The Kier molecular flexibility index (Phi) is 5.99. The molecular formula is C19H24N2O2S. The van der Waals surface area contributed by atoms with Crippen molar-refractivity contribution in [2.24, 2.45) is 0 Å². The van der Waals surface area contributed by atoms with Crippen LogP contribution in [0.4, 0.5) is 0 Å². The number of hydrogen-bond acceptors (Lipinski definition) is 4. The molecule has 1 N–H and O–H groups in total. The summed E-state index contributed by atoms with van der Waals surface area (Å²) in [5.74, 6) is 0.895. The van der Waals surface area contributed by atoms with E-state index in [1.54, 1.807) is 18.0 Å². The van der Waals surface area contributed by atoms with Crippen LogP contribution in [0.2, 0.25) is 0 Å². The van der Waals surface area contributed by atoms with E-state index in [2.05, 4.69) is 10.2 Å². The lowest BCUT2D eigenvalue weighted by Crippen LogP contribution is -2.40. The second-order valence-electron chi connectivity index (χ2n) is 6.07. The van der Waals surface area contributed by atoms with Crippen molar-refractivity contribution in [3.8, 4) is 0 Å². The topological polar surface area (TPSA) is 45.5 Å². The Hall–Kier alpha value is -1.72. The highest BCUT2D eigenvalue weighted by Crippen LogP contribution is 2.24. The zero-order chi connectivity index (χ0) is 16.8. The molecule has 0 aliphatic carbocycles. The third kappa shape index (κ3) is 4.22. The standard InChI is InChI=1S/C19H24N2O2S/c1-24-16-9-7-15(8-10-16)19(22)20-14-17(18-6-5-13-23-18)21-11-3-2-4-12-21/h5-10,13,17H,2-4,11-12,14H2,1H3,(H,20,22). The van der Waals surface area contributed by atoms with Gasteiger partial charge in [-0.2, -0.15) is 0 Å². The van der Waals surface area contributed by atoms with Crippen LogP contribution < -0.4 is 5.32 Å². The molecule has 0 radical (unpaired) electrons. The number of carbonyl (C=O) groups excluding carboxylic acids is 1. The Morgan fingerprint density at radius 2 is 1.96 bits per heavy atom. The van der Waals surface area contributed by atoms with E-state index in [1.807, 2.05) is 42.7 Å². The SMILES string of the molecule is CSc1ccc(C(=O)NCC(c2ccco2)N2CCCCC2)cc1. The summed E-state index contributed by atoms with van der Waals surface area (Å²) >= 11 is 1.67. The first-order valence-corrected chi connectivity index (χ1v) is 9.70. The second kappa shape index (κ2) is 8.40. The summed E-state index contributed by atoms with van der Waals surface area (Å²) in [7, 11) is 0. The van der Waals surface area contributed by atoms with Crippen LogP contribution in [0.3, 0.4) is 0 Å². The Morgan fingerprint density at radius 3 is 2.58 bits per heavy atom. The van der Waals surface area contributed by atoms with Gasteiger partial charge in [-0.3, -0.25) is 9.69 Å². The number of benzene rings is 1. The molecule has 24 heavy (non-hydrogen) atoms. The molecule has 1 aliphatic heterocycles. The highest BCUT2D eigenvalue weighted by atomic mass is 32.2. The molecule has 2 aromatic rings. The molecule has 1 saturated heterocycles. The Morgan fingerprint density at radius 1 is 1.21 bits per heavy atom. The Bertz CT molecular complexity index is 634. The number of piperidine rings is 1. The predicted octanol–water partition coefficient (Wildman–Crippen LogP) is 3.96. The van der Waals surface area contributed by atoms with Gasteiger partial charge in [0.1, 0.15) is 5.76 Å². The molecule has 3 rings (SSSR count). The third-order valence-corrected chi connectivity index (χ3v) is 5.25. The quantitative estimate of drug-likeness (QED) is 0.806. The molecule has 0 saturated carbocycles. The first kappa shape index (κ1) is 17.1. The number of nitrogens with one attached hydrogen (secondary N) is 1. The number of amides is 1. The van der Waals surface area contributed by atoms with Crippen LogP contribution in [-0.2, 0) is 0 Å². The van der Waals surface area contributed by atoms with Crippen LogP contribution >= 0.6 is 11.8 Å². The molecule has 0 bridgehead atoms. The van der Waals surface area contributed by atoms with Crippen molar-refractivity contribution in [2.75, 3.05) is 25.9 Å². The highest BCUT2D eigenvalue weighted by Gasteiger charge is 2.25. The molecule has 1 fully saturated rings. The lowest BCUT2D eigenvalue weighted by molar-refractivity contribution is 0.0914. The first-order chi connectivity index (χ1) is 11.8. The fourth-order valence-corrected chi connectivity index (χ4v) is 3.56. The smallest absolute Gasteiger partial charge is 0.251 e. The molecule has 5 heteroatoms. The van der Waals surface area contributed by atoms with Gasteiger partial charge in [-0.15, -0.1) is 11.8 Å². The Balaban J connectivity index is 1.65. The van der Waals surface area contributed by atoms with Crippen molar-refractivity contribution >= 4 is 17.7 Å². The number of hydrogen-bond donors (Lipinski definition) is 1. The largest absolute Gasteiger partial charge is 0.468 e. The number of furan rings is 1. The summed E-state index contributed by atoms with van der Waals surface area (Å²) in [4.78, 5) is 16.0. The van der Waals surface area contributed by atoms with E-state index in [0.717, 1.165) is 23.7 Å². The number of rotatable bonds is 6. The van der Waals surface area contributed by atoms with Gasteiger partial charge < -0.3 is 9.73 Å². The summed E-state index contributed by atoms with van der Waals surface area (Å²) in [6.07, 6.45) is 7.44. The summed E-state index contributed by atoms with van der Waals surface area (Å²) in [6.45, 7) is 2.68. The molecule has 1 aliphatic rings. The van der Waals surface area contributed by atoms with Gasteiger partial charge in [0.15, 0.2) is 0 Å². The summed E-state index contributed by atoms with van der Waals surface area (Å²) in [5.41, 5.74) is 0.699. The van der Waals surface area contributed by atoms with E-state index in [9.17, 15) is 4.79 Å². The van der Waals surface area contributed by atoms with E-state index in [1.165, 1.54) is 19.3 Å². The number of nitrogens with zero attached hydrogens (tertiary/aromatic N) is 1. The zero-order valence-electron chi connectivity index (χ0n) is 14.0. The van der Waals surface area contributed by atoms with Crippen molar-refractivity contribution in [1.82, 2.24) is 10.2 Å². The van der Waals surface area contributed by atoms with E-state index < -0.39 is 0 Å².